The third-order valence-electron chi connectivity index (χ3n) is 7.03. The number of hydrogen-bond acceptors (Lipinski definition) is 4. The number of ether oxygens (including phenoxy) is 1. The Morgan fingerprint density at radius 1 is 0.878 bits per heavy atom. The Labute approximate surface area is 244 Å². The van der Waals surface area contributed by atoms with E-state index in [0.29, 0.717) is 17.7 Å². The topological polar surface area (TPSA) is 87.7 Å². The summed E-state index contributed by atoms with van der Waals surface area (Å²) >= 11 is 0. The monoisotopic (exact) mass is 559 g/mol. The molecule has 220 valence electrons. The summed E-state index contributed by atoms with van der Waals surface area (Å²) in [5.74, 6) is -0.897. The first-order valence-electron chi connectivity index (χ1n) is 14.3. The zero-order valence-electron chi connectivity index (χ0n) is 25.9. The molecule has 0 aliphatic heterocycles. The van der Waals surface area contributed by atoms with Crippen LogP contribution in [0.15, 0.2) is 66.7 Å². The molecule has 2 N–H and O–H groups in total. The van der Waals surface area contributed by atoms with Crippen molar-refractivity contribution in [2.45, 2.75) is 92.0 Å². The van der Waals surface area contributed by atoms with Gasteiger partial charge >= 0.3 is 6.09 Å². The van der Waals surface area contributed by atoms with Gasteiger partial charge < -0.3 is 20.3 Å². The highest BCUT2D eigenvalue weighted by Gasteiger charge is 2.43. The maximum atomic E-state index is 14.5. The number of nitrogens with zero attached hydrogens (tertiary/aromatic N) is 1. The lowest BCUT2D eigenvalue weighted by atomic mass is 9.91. The Morgan fingerprint density at radius 3 is 2.05 bits per heavy atom. The highest BCUT2D eigenvalue weighted by molar-refractivity contribution is 6.00. The van der Waals surface area contributed by atoms with E-state index in [1.54, 1.807) is 25.7 Å². The van der Waals surface area contributed by atoms with Crippen LogP contribution in [0.2, 0.25) is 0 Å². The molecule has 0 radical (unpaired) electrons. The molecule has 3 amide bonds. The Bertz CT molecular complexity index is 1370. The average Bonchev–Trinajstić information content (AvgIpc) is 2.88. The summed E-state index contributed by atoms with van der Waals surface area (Å²) in [6, 6.07) is 19.5. The van der Waals surface area contributed by atoms with Crippen LogP contribution in [0, 0.1) is 12.8 Å². The summed E-state index contributed by atoms with van der Waals surface area (Å²) in [6.45, 7) is 16.9. The van der Waals surface area contributed by atoms with Gasteiger partial charge in [0.25, 0.3) is 5.91 Å². The second-order valence-corrected chi connectivity index (χ2v) is 12.8. The van der Waals surface area contributed by atoms with Crippen LogP contribution in [0.1, 0.15) is 79.0 Å². The average molecular weight is 560 g/mol. The van der Waals surface area contributed by atoms with E-state index in [1.165, 1.54) is 0 Å². The quantitative estimate of drug-likeness (QED) is 0.301. The van der Waals surface area contributed by atoms with Crippen LogP contribution in [0.3, 0.4) is 0 Å². The maximum Gasteiger partial charge on any atom is 0.408 e. The lowest BCUT2D eigenvalue weighted by Crippen LogP contribution is -2.59. The Morgan fingerprint density at radius 2 is 1.49 bits per heavy atom. The molecule has 7 nitrogen and oxygen atoms in total. The van der Waals surface area contributed by atoms with Gasteiger partial charge in [0, 0.05) is 11.2 Å². The van der Waals surface area contributed by atoms with Crippen LogP contribution >= 0.6 is 0 Å². The van der Waals surface area contributed by atoms with Crippen molar-refractivity contribution in [3.8, 4) is 0 Å². The maximum absolute atomic E-state index is 14.5. The minimum Gasteiger partial charge on any atom is -0.444 e. The van der Waals surface area contributed by atoms with Gasteiger partial charge in [-0.1, -0.05) is 80.4 Å². The van der Waals surface area contributed by atoms with Gasteiger partial charge in [-0.2, -0.15) is 0 Å². The van der Waals surface area contributed by atoms with E-state index in [4.69, 9.17) is 4.74 Å². The molecule has 0 spiro atoms. The smallest absolute Gasteiger partial charge is 0.408 e. The van der Waals surface area contributed by atoms with Gasteiger partial charge in [0.15, 0.2) is 0 Å². The van der Waals surface area contributed by atoms with Crippen molar-refractivity contribution in [1.29, 1.82) is 0 Å². The van der Waals surface area contributed by atoms with Crippen LogP contribution in [0.4, 0.5) is 10.5 Å². The molecule has 0 fully saturated rings. The number of anilines is 1. The van der Waals surface area contributed by atoms with Gasteiger partial charge in [-0.05, 0) is 82.9 Å². The molecule has 0 aliphatic carbocycles. The standard InChI is InChI=1S/C34H45N3O4/c1-10-23(3)28(36-32(40)41-34(7,8)9)31(39)37(33(4,5)6)29(25-17-15-22(2)16-18-25)30(38)35-27-20-19-24-13-11-12-14-26(24)21-27/h11-21,23,28-29H,10H2,1-9H3,(H,35,38)(H,36,40). The van der Waals surface area contributed by atoms with Crippen LogP contribution in [0.25, 0.3) is 10.8 Å². The van der Waals surface area contributed by atoms with Gasteiger partial charge in [-0.3, -0.25) is 9.59 Å². The van der Waals surface area contributed by atoms with Crippen LogP contribution in [-0.2, 0) is 14.3 Å². The number of hydrogen-bond donors (Lipinski definition) is 2. The highest BCUT2D eigenvalue weighted by atomic mass is 16.6. The number of benzene rings is 3. The predicted octanol–water partition coefficient (Wildman–Crippen LogP) is 7.39. The normalized spacial score (nSPS) is 14.1. The number of nitrogens with one attached hydrogen (secondary N) is 2. The first-order valence-corrected chi connectivity index (χ1v) is 14.3. The molecule has 3 aromatic rings. The van der Waals surface area contributed by atoms with E-state index >= 15 is 0 Å². The number of amides is 3. The number of alkyl carbamates (subject to hydrolysis) is 1. The van der Waals surface area contributed by atoms with E-state index in [-0.39, 0.29) is 17.7 Å². The molecule has 3 aromatic carbocycles. The summed E-state index contributed by atoms with van der Waals surface area (Å²) in [7, 11) is 0. The first kappa shape index (κ1) is 31.7. The molecule has 0 heterocycles. The summed E-state index contributed by atoms with van der Waals surface area (Å²) in [5.41, 5.74) is 0.866. The molecule has 3 unspecified atom stereocenters. The summed E-state index contributed by atoms with van der Waals surface area (Å²) < 4.78 is 5.50. The molecule has 0 saturated heterocycles. The molecule has 0 saturated carbocycles. The zero-order chi connectivity index (χ0) is 30.5. The Hall–Kier alpha value is -3.87. The van der Waals surface area contributed by atoms with Crippen LogP contribution in [0.5, 0.6) is 0 Å². The number of fused-ring (bicyclic) bond motifs is 1. The third-order valence-corrected chi connectivity index (χ3v) is 7.03. The molecular formula is C34H45N3O4. The number of carbonyl (C=O) groups excluding carboxylic acids is 3. The lowest BCUT2D eigenvalue weighted by Gasteiger charge is -2.43. The van der Waals surface area contributed by atoms with Crippen molar-refractivity contribution in [3.63, 3.8) is 0 Å². The van der Waals surface area contributed by atoms with Crippen LogP contribution in [-0.4, -0.2) is 40.0 Å². The first-order chi connectivity index (χ1) is 19.1. The molecule has 3 atom stereocenters. The number of carbonyl (C=O) groups is 3. The van der Waals surface area contributed by atoms with E-state index in [9.17, 15) is 14.4 Å². The second-order valence-electron chi connectivity index (χ2n) is 12.8. The molecular weight excluding hydrogens is 514 g/mol. The largest absolute Gasteiger partial charge is 0.444 e. The fourth-order valence-corrected chi connectivity index (χ4v) is 4.76. The lowest BCUT2D eigenvalue weighted by molar-refractivity contribution is -0.147. The van der Waals surface area contributed by atoms with Gasteiger partial charge in [0.2, 0.25) is 5.91 Å². The highest BCUT2D eigenvalue weighted by Crippen LogP contribution is 2.33. The number of aryl methyl sites for hydroxylation is 1. The van der Waals surface area contributed by atoms with Gasteiger partial charge in [-0.25, -0.2) is 4.79 Å². The molecule has 41 heavy (non-hydrogen) atoms. The van der Waals surface area contributed by atoms with Gasteiger partial charge in [0.1, 0.15) is 17.7 Å². The molecule has 0 aliphatic rings. The van der Waals surface area contributed by atoms with Crippen molar-refractivity contribution < 1.29 is 19.1 Å². The second kappa shape index (κ2) is 12.8. The van der Waals surface area contributed by atoms with Crippen LogP contribution < -0.4 is 10.6 Å². The molecule has 0 bridgehead atoms. The van der Waals surface area contributed by atoms with E-state index < -0.39 is 29.3 Å². The van der Waals surface area contributed by atoms with E-state index in [1.807, 2.05) is 108 Å². The van der Waals surface area contributed by atoms with Crippen molar-refractivity contribution in [3.05, 3.63) is 77.9 Å². The SMILES string of the molecule is CCC(C)C(NC(=O)OC(C)(C)C)C(=O)N(C(C(=O)Nc1ccc2ccccc2c1)c1ccc(C)cc1)C(C)(C)C. The van der Waals surface area contributed by atoms with Gasteiger partial charge in [0.05, 0.1) is 0 Å². The third kappa shape index (κ3) is 8.32. The molecule has 0 aromatic heterocycles. The van der Waals surface area contributed by atoms with Crippen molar-refractivity contribution >= 4 is 34.4 Å². The zero-order valence-corrected chi connectivity index (χ0v) is 25.9. The van der Waals surface area contributed by atoms with Crippen molar-refractivity contribution in [2.75, 3.05) is 5.32 Å². The molecule has 3 rings (SSSR count). The number of rotatable bonds is 8. The molecule has 7 heteroatoms. The minimum absolute atomic E-state index is 0.206. The van der Waals surface area contributed by atoms with Crippen molar-refractivity contribution in [1.82, 2.24) is 10.2 Å². The summed E-state index contributed by atoms with van der Waals surface area (Å²) in [4.78, 5) is 43.1. The fourth-order valence-electron chi connectivity index (χ4n) is 4.76. The van der Waals surface area contributed by atoms with Crippen molar-refractivity contribution in [2.24, 2.45) is 5.92 Å². The Balaban J connectivity index is 2.07. The predicted molar refractivity (Wildman–Crippen MR) is 166 cm³/mol. The fraction of sp³-hybridized carbons (Fsp3) is 0.441. The minimum atomic E-state index is -0.957. The Kier molecular flexibility index (Phi) is 9.85. The summed E-state index contributed by atoms with van der Waals surface area (Å²) in [5, 5.41) is 7.95. The van der Waals surface area contributed by atoms with Gasteiger partial charge in [-0.15, -0.1) is 0 Å². The summed E-state index contributed by atoms with van der Waals surface area (Å²) in [6.07, 6.45) is -0.0274. The van der Waals surface area contributed by atoms with E-state index in [0.717, 1.165) is 16.3 Å². The van der Waals surface area contributed by atoms with E-state index in [2.05, 4.69) is 10.6 Å².